The fraction of sp³-hybridized carbons (Fsp3) is 0.231. The van der Waals surface area contributed by atoms with Crippen LogP contribution >= 0.6 is 11.8 Å². The Morgan fingerprint density at radius 2 is 2.11 bits per heavy atom. The van der Waals surface area contributed by atoms with Crippen LogP contribution in [0, 0.1) is 5.82 Å². The molecule has 0 atom stereocenters. The number of hydrogen-bond donors (Lipinski definition) is 2. The molecule has 0 radical (unpaired) electrons. The predicted octanol–water partition coefficient (Wildman–Crippen LogP) is 3.09. The van der Waals surface area contributed by atoms with Gasteiger partial charge in [0, 0.05) is 19.7 Å². The van der Waals surface area contributed by atoms with Crippen molar-refractivity contribution >= 4 is 23.4 Å². The van der Waals surface area contributed by atoms with Crippen LogP contribution in [0.2, 0.25) is 0 Å². The minimum Gasteiger partial charge on any atom is -0.371 e. The summed E-state index contributed by atoms with van der Waals surface area (Å²) >= 11 is 1.47. The molecule has 4 nitrogen and oxygen atoms in total. The first kappa shape index (κ1) is 13.6. The zero-order valence-electron chi connectivity index (χ0n) is 10.7. The SMILES string of the molecule is CNc1nc(SCc2ccc(F)cc2)[nH]c1C(C)=O. The second kappa shape index (κ2) is 5.88. The Bertz CT molecular complexity index is 580. The number of thioether (sulfide) groups is 1. The molecule has 0 spiro atoms. The molecule has 0 saturated carbocycles. The van der Waals surface area contributed by atoms with Crippen molar-refractivity contribution in [3.63, 3.8) is 0 Å². The molecule has 2 N–H and O–H groups in total. The number of carbonyl (C=O) groups excluding carboxylic acids is 1. The second-order valence-electron chi connectivity index (χ2n) is 3.99. The van der Waals surface area contributed by atoms with E-state index in [0.29, 0.717) is 22.4 Å². The highest BCUT2D eigenvalue weighted by Crippen LogP contribution is 2.24. The van der Waals surface area contributed by atoms with Crippen LogP contribution in [0.5, 0.6) is 0 Å². The molecule has 0 aliphatic rings. The number of rotatable bonds is 5. The highest BCUT2D eigenvalue weighted by atomic mass is 32.2. The number of imidazole rings is 1. The molecule has 0 unspecified atom stereocenters. The lowest BCUT2D eigenvalue weighted by atomic mass is 10.2. The van der Waals surface area contributed by atoms with E-state index in [4.69, 9.17) is 0 Å². The first-order valence-electron chi connectivity index (χ1n) is 5.76. The van der Waals surface area contributed by atoms with Gasteiger partial charge >= 0.3 is 0 Å². The molecule has 0 bridgehead atoms. The van der Waals surface area contributed by atoms with Crippen LogP contribution in [0.25, 0.3) is 0 Å². The molecule has 6 heteroatoms. The van der Waals surface area contributed by atoms with E-state index < -0.39 is 0 Å². The standard InChI is InChI=1S/C13H14FN3OS/c1-8(18)11-12(15-2)17-13(16-11)19-7-9-3-5-10(14)6-4-9/h3-6,15H,7H2,1-2H3,(H,16,17). The van der Waals surface area contributed by atoms with Crippen molar-refractivity contribution in [1.29, 1.82) is 0 Å². The van der Waals surface area contributed by atoms with Crippen LogP contribution in [0.3, 0.4) is 0 Å². The second-order valence-corrected chi connectivity index (χ2v) is 4.95. The third-order valence-corrected chi connectivity index (χ3v) is 3.50. The molecule has 1 aromatic heterocycles. The molecule has 0 saturated heterocycles. The van der Waals surface area contributed by atoms with Crippen LogP contribution in [0.15, 0.2) is 29.4 Å². The molecule has 0 amide bonds. The van der Waals surface area contributed by atoms with Gasteiger partial charge in [0.05, 0.1) is 0 Å². The van der Waals surface area contributed by atoms with Gasteiger partial charge in [-0.15, -0.1) is 0 Å². The number of H-pyrrole nitrogens is 1. The Kier molecular flexibility index (Phi) is 4.21. The molecular formula is C13H14FN3OS. The molecule has 2 aromatic rings. The van der Waals surface area contributed by atoms with Gasteiger partial charge in [0.2, 0.25) is 0 Å². The van der Waals surface area contributed by atoms with Crippen molar-refractivity contribution in [1.82, 2.24) is 9.97 Å². The highest BCUT2D eigenvalue weighted by Gasteiger charge is 2.13. The number of nitrogens with one attached hydrogen (secondary N) is 2. The summed E-state index contributed by atoms with van der Waals surface area (Å²) in [7, 11) is 1.72. The first-order valence-corrected chi connectivity index (χ1v) is 6.74. The Morgan fingerprint density at radius 3 is 2.63 bits per heavy atom. The lowest BCUT2D eigenvalue weighted by Gasteiger charge is -1.98. The van der Waals surface area contributed by atoms with E-state index in [1.54, 1.807) is 19.2 Å². The van der Waals surface area contributed by atoms with Crippen molar-refractivity contribution < 1.29 is 9.18 Å². The number of carbonyl (C=O) groups is 1. The van der Waals surface area contributed by atoms with E-state index in [9.17, 15) is 9.18 Å². The van der Waals surface area contributed by atoms with Gasteiger partial charge in [0.1, 0.15) is 11.5 Å². The van der Waals surface area contributed by atoms with Crippen molar-refractivity contribution in [2.45, 2.75) is 17.8 Å². The number of benzene rings is 1. The first-order chi connectivity index (χ1) is 9.10. The quantitative estimate of drug-likeness (QED) is 0.652. The number of anilines is 1. The summed E-state index contributed by atoms with van der Waals surface area (Å²) in [4.78, 5) is 18.7. The number of halogens is 1. The molecular weight excluding hydrogens is 265 g/mol. The number of nitrogens with zero attached hydrogens (tertiary/aromatic N) is 1. The van der Waals surface area contributed by atoms with Crippen LogP contribution in [0.1, 0.15) is 23.0 Å². The summed E-state index contributed by atoms with van der Waals surface area (Å²) in [5.41, 5.74) is 1.47. The van der Waals surface area contributed by atoms with Crippen LogP contribution < -0.4 is 5.32 Å². The maximum atomic E-state index is 12.8. The molecule has 0 fully saturated rings. The van der Waals surface area contributed by atoms with Gasteiger partial charge in [-0.3, -0.25) is 4.79 Å². The van der Waals surface area contributed by atoms with Gasteiger partial charge in [-0.1, -0.05) is 23.9 Å². The molecule has 1 aromatic carbocycles. The lowest BCUT2D eigenvalue weighted by molar-refractivity contribution is 0.101. The maximum Gasteiger partial charge on any atom is 0.179 e. The van der Waals surface area contributed by atoms with Crippen LogP contribution in [-0.2, 0) is 5.75 Å². The minimum absolute atomic E-state index is 0.0644. The van der Waals surface area contributed by atoms with Crippen LogP contribution in [0.4, 0.5) is 10.2 Å². The molecule has 2 rings (SSSR count). The average molecular weight is 279 g/mol. The highest BCUT2D eigenvalue weighted by molar-refractivity contribution is 7.98. The zero-order chi connectivity index (χ0) is 13.8. The Balaban J connectivity index is 2.07. The number of hydrogen-bond acceptors (Lipinski definition) is 4. The zero-order valence-corrected chi connectivity index (χ0v) is 11.5. The largest absolute Gasteiger partial charge is 0.371 e. The molecule has 100 valence electrons. The smallest absolute Gasteiger partial charge is 0.179 e. The third-order valence-electron chi connectivity index (χ3n) is 2.56. The lowest BCUT2D eigenvalue weighted by Crippen LogP contribution is -1.98. The monoisotopic (exact) mass is 279 g/mol. The number of aromatic nitrogens is 2. The summed E-state index contributed by atoms with van der Waals surface area (Å²) in [5, 5.41) is 3.54. The maximum absolute atomic E-state index is 12.8. The molecule has 1 heterocycles. The molecule has 0 aliphatic heterocycles. The summed E-state index contributed by atoms with van der Waals surface area (Å²) < 4.78 is 12.8. The summed E-state index contributed by atoms with van der Waals surface area (Å²) in [5.74, 6) is 0.900. The average Bonchev–Trinajstić information content (AvgIpc) is 2.81. The van der Waals surface area contributed by atoms with Crippen molar-refractivity contribution in [3.05, 3.63) is 41.3 Å². The Labute approximate surface area is 114 Å². The summed E-state index contributed by atoms with van der Waals surface area (Å²) in [6.45, 7) is 1.49. The van der Waals surface area contributed by atoms with Crippen molar-refractivity contribution in [3.8, 4) is 0 Å². The third kappa shape index (κ3) is 3.35. The van der Waals surface area contributed by atoms with Gasteiger partial charge in [0.25, 0.3) is 0 Å². The number of ketones is 1. The summed E-state index contributed by atoms with van der Waals surface area (Å²) in [6.07, 6.45) is 0. The summed E-state index contributed by atoms with van der Waals surface area (Å²) in [6, 6.07) is 6.32. The van der Waals surface area contributed by atoms with E-state index in [2.05, 4.69) is 15.3 Å². The predicted molar refractivity (Wildman–Crippen MR) is 74.1 cm³/mol. The topological polar surface area (TPSA) is 57.8 Å². The van der Waals surface area contributed by atoms with E-state index in [1.165, 1.54) is 30.8 Å². The van der Waals surface area contributed by atoms with Gasteiger partial charge in [-0.25, -0.2) is 9.37 Å². The van der Waals surface area contributed by atoms with Gasteiger partial charge in [-0.05, 0) is 17.7 Å². The van der Waals surface area contributed by atoms with Gasteiger partial charge < -0.3 is 10.3 Å². The Morgan fingerprint density at radius 1 is 1.42 bits per heavy atom. The van der Waals surface area contributed by atoms with Crippen molar-refractivity contribution in [2.24, 2.45) is 0 Å². The normalized spacial score (nSPS) is 10.5. The van der Waals surface area contributed by atoms with Crippen LogP contribution in [-0.4, -0.2) is 22.8 Å². The van der Waals surface area contributed by atoms with E-state index in [0.717, 1.165) is 5.56 Å². The number of aromatic amines is 1. The van der Waals surface area contributed by atoms with E-state index >= 15 is 0 Å². The van der Waals surface area contributed by atoms with E-state index in [-0.39, 0.29) is 11.6 Å². The number of Topliss-reactive ketones (excluding diaryl/α,β-unsaturated/α-hetero) is 1. The van der Waals surface area contributed by atoms with Gasteiger partial charge in [-0.2, -0.15) is 0 Å². The minimum atomic E-state index is -0.247. The molecule has 19 heavy (non-hydrogen) atoms. The molecule has 0 aliphatic carbocycles. The Hall–Kier alpha value is -1.82. The van der Waals surface area contributed by atoms with E-state index in [1.807, 2.05) is 0 Å². The fourth-order valence-corrected chi connectivity index (χ4v) is 2.41. The fourth-order valence-electron chi connectivity index (χ4n) is 1.59. The van der Waals surface area contributed by atoms with Gasteiger partial charge in [0.15, 0.2) is 16.8 Å². The van der Waals surface area contributed by atoms with Crippen molar-refractivity contribution in [2.75, 3.05) is 12.4 Å².